The SMILES string of the molecule is C[N+](C)(C)CC(=O)NCc1cccc2cc3cccc(CNC(=O)C[N+](C)(C)C)c3nc12.[I-].[I-]. The maximum atomic E-state index is 12.3. The van der Waals surface area contributed by atoms with Crippen LogP contribution in [0.25, 0.3) is 21.8 Å². The number of likely N-dealkylation sites (N-methyl/N-ethyl adjacent to an activating group) is 2. The molecule has 0 saturated carbocycles. The number of rotatable bonds is 8. The van der Waals surface area contributed by atoms with Crippen molar-refractivity contribution in [2.45, 2.75) is 13.1 Å². The van der Waals surface area contributed by atoms with Gasteiger partial charge in [-0.1, -0.05) is 36.4 Å². The first kappa shape index (κ1) is 30.5. The summed E-state index contributed by atoms with van der Waals surface area (Å²) in [5, 5.41) is 8.10. The van der Waals surface area contributed by atoms with E-state index in [0.29, 0.717) is 35.1 Å². The zero-order chi connectivity index (χ0) is 23.5. The Morgan fingerprint density at radius 1 is 0.706 bits per heavy atom. The van der Waals surface area contributed by atoms with Crippen LogP contribution >= 0.6 is 0 Å². The summed E-state index contributed by atoms with van der Waals surface area (Å²) in [5.74, 6) is 0.0203. The molecule has 0 aliphatic carbocycles. The van der Waals surface area contributed by atoms with E-state index < -0.39 is 0 Å². The van der Waals surface area contributed by atoms with Gasteiger partial charge in [-0.15, -0.1) is 0 Å². The van der Waals surface area contributed by atoms with Crippen LogP contribution in [0, 0.1) is 0 Å². The van der Waals surface area contributed by atoms with Gasteiger partial charge in [0.1, 0.15) is 0 Å². The van der Waals surface area contributed by atoms with Crippen molar-refractivity contribution in [1.29, 1.82) is 0 Å². The number of carbonyl (C=O) groups excluding carboxylic acids is 2. The molecule has 3 aromatic rings. The topological polar surface area (TPSA) is 71.1 Å². The van der Waals surface area contributed by atoms with Gasteiger partial charge >= 0.3 is 0 Å². The minimum absolute atomic E-state index is 0. The number of pyridine rings is 1. The summed E-state index contributed by atoms with van der Waals surface area (Å²) in [6.07, 6.45) is 0. The maximum Gasteiger partial charge on any atom is 0.275 e. The number of aromatic nitrogens is 1. The standard InChI is InChI=1S/C25H33N5O2.2HI/c1-29(2,3)16-22(31)26-14-20-11-7-9-18-13-19-10-8-12-21(25(19)28-24(18)20)15-27-23(32)17-30(4,5)6;;/h7-13H,14-17H2,1-6H3;2*1H. The second kappa shape index (κ2) is 12.4. The number of hydrogen-bond acceptors (Lipinski definition) is 3. The Balaban J connectivity index is 0.00000289. The molecule has 0 atom stereocenters. The molecule has 2 amide bonds. The Labute approximate surface area is 236 Å². The van der Waals surface area contributed by atoms with Crippen LogP contribution in [0.15, 0.2) is 42.5 Å². The molecular weight excluding hydrogens is 656 g/mol. The molecular formula is C25H35I2N5O2. The molecule has 3 rings (SSSR count). The van der Waals surface area contributed by atoms with Gasteiger partial charge in [0.2, 0.25) is 0 Å². The zero-order valence-electron chi connectivity index (χ0n) is 20.8. The van der Waals surface area contributed by atoms with E-state index in [1.165, 1.54) is 0 Å². The molecule has 0 aliphatic rings. The van der Waals surface area contributed by atoms with Gasteiger partial charge in [0.25, 0.3) is 11.8 Å². The van der Waals surface area contributed by atoms with E-state index in [1.54, 1.807) is 0 Å². The van der Waals surface area contributed by atoms with Gasteiger partial charge in [-0.3, -0.25) is 9.59 Å². The van der Waals surface area contributed by atoms with Gasteiger partial charge in [0.05, 0.1) is 53.3 Å². The molecule has 0 unspecified atom stereocenters. The minimum atomic E-state index is 0. The van der Waals surface area contributed by atoms with Gasteiger partial charge < -0.3 is 67.6 Å². The second-order valence-corrected chi connectivity index (χ2v) is 10.4. The van der Waals surface area contributed by atoms with Gasteiger partial charge in [-0.25, -0.2) is 4.98 Å². The molecule has 9 heteroatoms. The van der Waals surface area contributed by atoms with E-state index >= 15 is 0 Å². The van der Waals surface area contributed by atoms with E-state index in [4.69, 9.17) is 4.98 Å². The molecule has 0 radical (unpaired) electrons. The average Bonchev–Trinajstić information content (AvgIpc) is 2.66. The molecule has 7 nitrogen and oxygen atoms in total. The number of amides is 2. The van der Waals surface area contributed by atoms with Gasteiger partial charge in [0.15, 0.2) is 13.1 Å². The third kappa shape index (κ3) is 8.90. The van der Waals surface area contributed by atoms with Gasteiger partial charge in [0, 0.05) is 23.9 Å². The van der Waals surface area contributed by atoms with E-state index in [-0.39, 0.29) is 59.8 Å². The number of nitrogens with zero attached hydrogens (tertiary/aromatic N) is 3. The number of benzene rings is 2. The number of nitrogens with one attached hydrogen (secondary N) is 2. The lowest BCUT2D eigenvalue weighted by atomic mass is 10.0. The Bertz CT molecular complexity index is 1070. The van der Waals surface area contributed by atoms with Crippen molar-refractivity contribution in [1.82, 2.24) is 15.6 Å². The van der Waals surface area contributed by atoms with Crippen LogP contribution in [0.2, 0.25) is 0 Å². The molecule has 0 aliphatic heterocycles. The van der Waals surface area contributed by atoms with Crippen molar-refractivity contribution in [3.63, 3.8) is 0 Å². The maximum absolute atomic E-state index is 12.3. The lowest BCUT2D eigenvalue weighted by Gasteiger charge is -2.23. The van der Waals surface area contributed by atoms with Crippen molar-refractivity contribution in [3.05, 3.63) is 53.6 Å². The van der Waals surface area contributed by atoms with Crippen LogP contribution in [0.4, 0.5) is 0 Å². The van der Waals surface area contributed by atoms with Crippen LogP contribution in [0.5, 0.6) is 0 Å². The quantitative estimate of drug-likeness (QED) is 0.144. The predicted octanol–water partition coefficient (Wildman–Crippen LogP) is -3.96. The smallest absolute Gasteiger partial charge is 0.275 e. The molecule has 0 fully saturated rings. The Hall–Kier alpha value is -1.57. The molecule has 2 N–H and O–H groups in total. The number of hydrogen-bond donors (Lipinski definition) is 2. The fourth-order valence-corrected chi connectivity index (χ4v) is 3.65. The summed E-state index contributed by atoms with van der Waals surface area (Å²) in [6.45, 7) is 1.69. The summed E-state index contributed by atoms with van der Waals surface area (Å²) < 4.78 is 1.15. The number of carbonyl (C=O) groups is 2. The summed E-state index contributed by atoms with van der Waals surface area (Å²) in [7, 11) is 12.0. The first-order chi connectivity index (χ1) is 14.9. The predicted molar refractivity (Wildman–Crippen MR) is 129 cm³/mol. The monoisotopic (exact) mass is 691 g/mol. The highest BCUT2D eigenvalue weighted by atomic mass is 127. The fraction of sp³-hybridized carbons (Fsp3) is 0.400. The summed E-state index contributed by atoms with van der Waals surface area (Å²) in [5.41, 5.74) is 3.69. The van der Waals surface area contributed by atoms with Crippen molar-refractivity contribution in [2.24, 2.45) is 0 Å². The highest BCUT2D eigenvalue weighted by Gasteiger charge is 2.16. The largest absolute Gasteiger partial charge is 1.00 e. The Morgan fingerprint density at radius 2 is 1.09 bits per heavy atom. The molecule has 0 spiro atoms. The molecule has 1 aromatic heterocycles. The van der Waals surface area contributed by atoms with Crippen LogP contribution in [0.3, 0.4) is 0 Å². The number of fused-ring (bicyclic) bond motifs is 2. The lowest BCUT2D eigenvalue weighted by Crippen LogP contribution is -3.00. The Morgan fingerprint density at radius 3 is 1.44 bits per heavy atom. The van der Waals surface area contributed by atoms with E-state index in [2.05, 4.69) is 16.7 Å². The van der Waals surface area contributed by atoms with Crippen molar-refractivity contribution in [3.8, 4) is 0 Å². The Kier molecular flexibility index (Phi) is 11.1. The highest BCUT2D eigenvalue weighted by molar-refractivity contribution is 5.95. The van der Waals surface area contributed by atoms with Crippen LogP contribution < -0.4 is 58.6 Å². The number of para-hydroxylation sites is 2. The third-order valence-corrected chi connectivity index (χ3v) is 5.02. The normalized spacial score (nSPS) is 11.5. The number of quaternary nitrogens is 2. The molecule has 1 heterocycles. The molecule has 186 valence electrons. The van der Waals surface area contributed by atoms with Gasteiger partial charge in [-0.05, 0) is 17.2 Å². The van der Waals surface area contributed by atoms with Crippen LogP contribution in [-0.2, 0) is 22.7 Å². The first-order valence-corrected chi connectivity index (χ1v) is 10.9. The number of halogens is 2. The first-order valence-electron chi connectivity index (χ1n) is 10.9. The fourth-order valence-electron chi connectivity index (χ4n) is 3.65. The van der Waals surface area contributed by atoms with Crippen molar-refractivity contribution >= 4 is 33.6 Å². The zero-order valence-corrected chi connectivity index (χ0v) is 25.1. The van der Waals surface area contributed by atoms with Gasteiger partial charge in [-0.2, -0.15) is 0 Å². The van der Waals surface area contributed by atoms with Crippen LogP contribution in [0.1, 0.15) is 11.1 Å². The average molecular weight is 691 g/mol. The minimum Gasteiger partial charge on any atom is -1.00 e. The third-order valence-electron chi connectivity index (χ3n) is 5.02. The van der Waals surface area contributed by atoms with E-state index in [9.17, 15) is 9.59 Å². The molecule has 34 heavy (non-hydrogen) atoms. The second-order valence-electron chi connectivity index (χ2n) is 10.4. The van der Waals surface area contributed by atoms with Crippen LogP contribution in [-0.4, -0.2) is 81.1 Å². The highest BCUT2D eigenvalue weighted by Crippen LogP contribution is 2.25. The summed E-state index contributed by atoms with van der Waals surface area (Å²) in [4.78, 5) is 29.6. The lowest BCUT2D eigenvalue weighted by molar-refractivity contribution is -0.862. The van der Waals surface area contributed by atoms with E-state index in [0.717, 1.165) is 32.9 Å². The molecule has 2 aromatic carbocycles. The molecule has 0 saturated heterocycles. The van der Waals surface area contributed by atoms with Crippen molar-refractivity contribution in [2.75, 3.05) is 55.4 Å². The summed E-state index contributed by atoms with van der Waals surface area (Å²) >= 11 is 0. The van der Waals surface area contributed by atoms with Crippen molar-refractivity contribution < 1.29 is 66.5 Å². The summed E-state index contributed by atoms with van der Waals surface area (Å²) in [6, 6.07) is 14.2. The van der Waals surface area contributed by atoms with E-state index in [1.807, 2.05) is 78.7 Å². The molecule has 0 bridgehead atoms.